The van der Waals surface area contributed by atoms with Crippen LogP contribution < -0.4 is 5.73 Å². The molecule has 1 atom stereocenters. The van der Waals surface area contributed by atoms with E-state index < -0.39 is 17.6 Å². The van der Waals surface area contributed by atoms with Crippen molar-refractivity contribution in [3.05, 3.63) is 47.1 Å². The third-order valence-electron chi connectivity index (χ3n) is 3.89. The SMILES string of the molecule is CC(N)(c1nc(C2Cc3ccccc3C2)no1)C(F)(F)F. The minimum absolute atomic E-state index is 0.0658. The van der Waals surface area contributed by atoms with E-state index in [1.807, 2.05) is 24.3 Å². The highest BCUT2D eigenvalue weighted by molar-refractivity contribution is 5.35. The van der Waals surface area contributed by atoms with Gasteiger partial charge in [0.15, 0.2) is 11.4 Å². The molecule has 2 aromatic rings. The molecular weight excluding hydrogens is 283 g/mol. The summed E-state index contributed by atoms with van der Waals surface area (Å²) in [6.45, 7) is 0.827. The van der Waals surface area contributed by atoms with Gasteiger partial charge in [-0.25, -0.2) is 0 Å². The minimum atomic E-state index is -4.64. The van der Waals surface area contributed by atoms with Gasteiger partial charge in [0.25, 0.3) is 5.89 Å². The van der Waals surface area contributed by atoms with E-state index in [0.29, 0.717) is 12.8 Å². The van der Waals surface area contributed by atoms with Gasteiger partial charge < -0.3 is 10.3 Å². The van der Waals surface area contributed by atoms with Crippen molar-refractivity contribution >= 4 is 0 Å². The van der Waals surface area contributed by atoms with E-state index in [0.717, 1.165) is 6.92 Å². The average molecular weight is 297 g/mol. The summed E-state index contributed by atoms with van der Waals surface area (Å²) >= 11 is 0. The number of nitrogens with two attached hydrogens (primary N) is 1. The fourth-order valence-corrected chi connectivity index (χ4v) is 2.47. The van der Waals surface area contributed by atoms with Crippen LogP contribution in [-0.4, -0.2) is 16.3 Å². The fourth-order valence-electron chi connectivity index (χ4n) is 2.47. The smallest absolute Gasteiger partial charge is 0.337 e. The van der Waals surface area contributed by atoms with Crippen LogP contribution in [0.2, 0.25) is 0 Å². The molecule has 0 spiro atoms. The van der Waals surface area contributed by atoms with Gasteiger partial charge in [-0.3, -0.25) is 0 Å². The molecule has 0 bridgehead atoms. The molecule has 1 heterocycles. The van der Waals surface area contributed by atoms with Crippen LogP contribution >= 0.6 is 0 Å². The summed E-state index contributed by atoms with van der Waals surface area (Å²) < 4.78 is 43.4. The standard InChI is InChI=1S/C14H14F3N3O/c1-13(18,14(15,16)17)12-19-11(20-21-12)10-6-8-4-2-3-5-9(8)7-10/h2-5,10H,6-7,18H2,1H3. The number of alkyl halides is 3. The highest BCUT2D eigenvalue weighted by Crippen LogP contribution is 2.37. The Balaban J connectivity index is 1.85. The van der Waals surface area contributed by atoms with E-state index in [1.54, 1.807) is 0 Å². The summed E-state index contributed by atoms with van der Waals surface area (Å²) in [6, 6.07) is 7.87. The van der Waals surface area contributed by atoms with Crippen LogP contribution in [-0.2, 0) is 18.4 Å². The Morgan fingerprint density at radius 1 is 1.19 bits per heavy atom. The van der Waals surface area contributed by atoms with Crippen molar-refractivity contribution in [2.24, 2.45) is 5.73 Å². The number of nitrogens with zero attached hydrogens (tertiary/aromatic N) is 2. The van der Waals surface area contributed by atoms with Crippen LogP contribution in [0.3, 0.4) is 0 Å². The van der Waals surface area contributed by atoms with Gasteiger partial charge in [-0.2, -0.15) is 18.2 Å². The second-order valence-corrected chi connectivity index (χ2v) is 5.53. The molecule has 4 nitrogen and oxygen atoms in total. The third kappa shape index (κ3) is 2.31. The fraction of sp³-hybridized carbons (Fsp3) is 0.429. The van der Waals surface area contributed by atoms with Crippen LogP contribution in [0.5, 0.6) is 0 Å². The Labute approximate surface area is 119 Å². The van der Waals surface area contributed by atoms with Gasteiger partial charge in [0.1, 0.15) is 0 Å². The van der Waals surface area contributed by atoms with E-state index >= 15 is 0 Å². The van der Waals surface area contributed by atoms with E-state index in [1.165, 1.54) is 11.1 Å². The maximum absolute atomic E-state index is 12.9. The molecule has 0 fully saturated rings. The Kier molecular flexibility index (Phi) is 3.05. The summed E-state index contributed by atoms with van der Waals surface area (Å²) in [5.41, 5.74) is 4.99. The monoisotopic (exact) mass is 297 g/mol. The first-order chi connectivity index (χ1) is 9.79. The molecule has 112 valence electrons. The average Bonchev–Trinajstić information content (AvgIpc) is 3.04. The molecule has 0 radical (unpaired) electrons. The molecule has 0 saturated carbocycles. The predicted octanol–water partition coefficient (Wildman–Crippen LogP) is 2.69. The molecule has 1 unspecified atom stereocenters. The predicted molar refractivity (Wildman–Crippen MR) is 68.5 cm³/mol. The van der Waals surface area contributed by atoms with Crippen molar-refractivity contribution < 1.29 is 17.7 Å². The molecule has 7 heteroatoms. The van der Waals surface area contributed by atoms with Gasteiger partial charge in [-0.15, -0.1) is 0 Å². The molecule has 1 aliphatic carbocycles. The van der Waals surface area contributed by atoms with Crippen molar-refractivity contribution in [3.8, 4) is 0 Å². The number of benzene rings is 1. The Hall–Kier alpha value is -1.89. The molecule has 21 heavy (non-hydrogen) atoms. The van der Waals surface area contributed by atoms with Crippen LogP contribution in [0.15, 0.2) is 28.8 Å². The Morgan fingerprint density at radius 2 is 1.76 bits per heavy atom. The van der Waals surface area contributed by atoms with Crippen LogP contribution in [0.1, 0.15) is 35.7 Å². The second-order valence-electron chi connectivity index (χ2n) is 5.53. The van der Waals surface area contributed by atoms with Crippen molar-refractivity contribution in [1.82, 2.24) is 10.1 Å². The number of hydrogen-bond donors (Lipinski definition) is 1. The zero-order chi connectivity index (χ0) is 15.3. The third-order valence-corrected chi connectivity index (χ3v) is 3.89. The van der Waals surface area contributed by atoms with Crippen molar-refractivity contribution in [2.45, 2.75) is 37.4 Å². The van der Waals surface area contributed by atoms with Crippen molar-refractivity contribution in [1.29, 1.82) is 0 Å². The lowest BCUT2D eigenvalue weighted by molar-refractivity contribution is -0.190. The zero-order valence-corrected chi connectivity index (χ0v) is 11.3. The maximum atomic E-state index is 12.9. The molecular formula is C14H14F3N3O. The van der Waals surface area contributed by atoms with Gasteiger partial charge in [0, 0.05) is 5.92 Å². The Bertz CT molecular complexity index is 638. The van der Waals surface area contributed by atoms with E-state index in [4.69, 9.17) is 10.3 Å². The number of hydrogen-bond acceptors (Lipinski definition) is 4. The van der Waals surface area contributed by atoms with Crippen LogP contribution in [0, 0.1) is 0 Å². The van der Waals surface area contributed by atoms with Gasteiger partial charge in [0.2, 0.25) is 0 Å². The quantitative estimate of drug-likeness (QED) is 0.925. The van der Waals surface area contributed by atoms with Crippen LogP contribution in [0.25, 0.3) is 0 Å². The van der Waals surface area contributed by atoms with Gasteiger partial charge in [-0.1, -0.05) is 29.4 Å². The summed E-state index contributed by atoms with van der Waals surface area (Å²) in [6.07, 6.45) is -3.25. The minimum Gasteiger partial charge on any atom is -0.337 e. The summed E-state index contributed by atoms with van der Waals surface area (Å²) in [7, 11) is 0. The van der Waals surface area contributed by atoms with E-state index in [-0.39, 0.29) is 11.7 Å². The molecule has 2 N–H and O–H groups in total. The first-order valence-electron chi connectivity index (χ1n) is 6.55. The molecule has 1 aromatic heterocycles. The molecule has 1 aromatic carbocycles. The van der Waals surface area contributed by atoms with E-state index in [9.17, 15) is 13.2 Å². The first-order valence-corrected chi connectivity index (χ1v) is 6.55. The lowest BCUT2D eigenvalue weighted by Crippen LogP contribution is -2.48. The lowest BCUT2D eigenvalue weighted by atomic mass is 10.0. The topological polar surface area (TPSA) is 64.9 Å². The summed E-state index contributed by atoms with van der Waals surface area (Å²) in [5.74, 6) is -0.382. The van der Waals surface area contributed by atoms with Gasteiger partial charge >= 0.3 is 6.18 Å². The zero-order valence-electron chi connectivity index (χ0n) is 11.3. The normalized spacial score (nSPS) is 18.5. The number of fused-ring (bicyclic) bond motifs is 1. The number of halogens is 3. The lowest BCUT2D eigenvalue weighted by Gasteiger charge is -2.22. The number of aromatic nitrogens is 2. The largest absolute Gasteiger partial charge is 0.415 e. The highest BCUT2D eigenvalue weighted by atomic mass is 19.4. The molecule has 0 saturated heterocycles. The van der Waals surface area contributed by atoms with Gasteiger partial charge in [-0.05, 0) is 30.9 Å². The van der Waals surface area contributed by atoms with Crippen molar-refractivity contribution in [3.63, 3.8) is 0 Å². The molecule has 3 rings (SSSR count). The van der Waals surface area contributed by atoms with Crippen molar-refractivity contribution in [2.75, 3.05) is 0 Å². The highest BCUT2D eigenvalue weighted by Gasteiger charge is 2.53. The second kappa shape index (κ2) is 4.56. The van der Waals surface area contributed by atoms with Gasteiger partial charge in [0.05, 0.1) is 0 Å². The molecule has 0 aliphatic heterocycles. The first kappa shape index (κ1) is 14.1. The molecule has 1 aliphatic rings. The number of rotatable bonds is 2. The maximum Gasteiger partial charge on any atom is 0.415 e. The van der Waals surface area contributed by atoms with Crippen LogP contribution in [0.4, 0.5) is 13.2 Å². The Morgan fingerprint density at radius 3 is 2.29 bits per heavy atom. The van der Waals surface area contributed by atoms with E-state index in [2.05, 4.69) is 10.1 Å². The summed E-state index contributed by atoms with van der Waals surface area (Å²) in [5, 5.41) is 3.69. The summed E-state index contributed by atoms with van der Waals surface area (Å²) in [4.78, 5) is 3.89. The molecule has 0 amide bonds.